The van der Waals surface area contributed by atoms with Crippen LogP contribution in [0, 0.1) is 6.92 Å². The van der Waals surface area contributed by atoms with E-state index in [1.807, 2.05) is 5.38 Å². The van der Waals surface area contributed by atoms with Crippen LogP contribution >= 0.6 is 11.3 Å². The number of hydrogen-bond donors (Lipinski definition) is 0. The van der Waals surface area contributed by atoms with Gasteiger partial charge in [-0.1, -0.05) is 29.8 Å². The summed E-state index contributed by atoms with van der Waals surface area (Å²) in [6.07, 6.45) is 0.485. The summed E-state index contributed by atoms with van der Waals surface area (Å²) in [6.45, 7) is 2.09. The van der Waals surface area contributed by atoms with Gasteiger partial charge in [-0.3, -0.25) is 0 Å². The molecule has 4 heteroatoms. The molecule has 0 bridgehead atoms. The van der Waals surface area contributed by atoms with Gasteiger partial charge in [0.15, 0.2) is 0 Å². The van der Waals surface area contributed by atoms with Gasteiger partial charge in [-0.25, -0.2) is 4.98 Å². The molecular formula is C14H17NO2S. The van der Waals surface area contributed by atoms with Crippen molar-refractivity contribution in [3.63, 3.8) is 0 Å². The highest BCUT2D eigenvalue weighted by Gasteiger charge is 2.13. The highest BCUT2D eigenvalue weighted by Crippen LogP contribution is 2.21. The van der Waals surface area contributed by atoms with Crippen LogP contribution in [0.2, 0.25) is 0 Å². The summed E-state index contributed by atoms with van der Waals surface area (Å²) in [5.41, 5.74) is 3.39. The van der Waals surface area contributed by atoms with Crippen molar-refractivity contribution >= 4 is 11.3 Å². The molecule has 0 radical (unpaired) electrons. The summed E-state index contributed by atoms with van der Waals surface area (Å²) < 4.78 is 10.4. The number of aryl methyl sites for hydroxylation is 1. The SMILES string of the molecule is COC(OC)c1csc(Cc2ccc(C)cc2)n1. The fraction of sp³-hybridized carbons (Fsp3) is 0.357. The number of hydrogen-bond acceptors (Lipinski definition) is 4. The fourth-order valence-electron chi connectivity index (χ4n) is 1.73. The lowest BCUT2D eigenvalue weighted by atomic mass is 10.1. The topological polar surface area (TPSA) is 31.4 Å². The van der Waals surface area contributed by atoms with Crippen LogP contribution in [0.25, 0.3) is 0 Å². The van der Waals surface area contributed by atoms with E-state index < -0.39 is 0 Å². The maximum absolute atomic E-state index is 5.19. The molecule has 0 aliphatic rings. The molecule has 1 heterocycles. The molecular weight excluding hydrogens is 246 g/mol. The lowest BCUT2D eigenvalue weighted by Crippen LogP contribution is -2.04. The molecule has 0 N–H and O–H groups in total. The van der Waals surface area contributed by atoms with E-state index in [0.717, 1.165) is 17.1 Å². The zero-order valence-electron chi connectivity index (χ0n) is 10.8. The first-order valence-corrected chi connectivity index (χ1v) is 6.66. The lowest BCUT2D eigenvalue weighted by Gasteiger charge is -2.09. The van der Waals surface area contributed by atoms with E-state index in [4.69, 9.17) is 9.47 Å². The molecule has 1 aromatic heterocycles. The zero-order valence-corrected chi connectivity index (χ0v) is 11.7. The summed E-state index contributed by atoms with van der Waals surface area (Å²) in [7, 11) is 3.24. The molecule has 0 aliphatic carbocycles. The molecule has 18 heavy (non-hydrogen) atoms. The molecule has 0 unspecified atom stereocenters. The minimum atomic E-state index is -0.368. The van der Waals surface area contributed by atoms with Gasteiger partial charge in [-0.05, 0) is 12.5 Å². The van der Waals surface area contributed by atoms with E-state index in [0.29, 0.717) is 0 Å². The quantitative estimate of drug-likeness (QED) is 0.775. The standard InChI is InChI=1S/C14H17NO2S/c1-10-4-6-11(7-5-10)8-13-15-12(9-18-13)14(16-2)17-3/h4-7,9,14H,8H2,1-3H3. The Morgan fingerprint density at radius 1 is 1.17 bits per heavy atom. The third-order valence-electron chi connectivity index (χ3n) is 2.72. The number of nitrogens with zero attached hydrogens (tertiary/aromatic N) is 1. The first-order chi connectivity index (χ1) is 8.72. The third kappa shape index (κ3) is 3.16. The normalized spacial score (nSPS) is 11.1. The largest absolute Gasteiger partial charge is 0.350 e. The molecule has 0 spiro atoms. The van der Waals surface area contributed by atoms with Crippen LogP contribution < -0.4 is 0 Å². The number of thiazole rings is 1. The maximum atomic E-state index is 5.19. The van der Waals surface area contributed by atoms with E-state index in [9.17, 15) is 0 Å². The van der Waals surface area contributed by atoms with Crippen molar-refractivity contribution in [3.8, 4) is 0 Å². The van der Waals surface area contributed by atoms with E-state index in [1.54, 1.807) is 25.6 Å². The average molecular weight is 263 g/mol. The summed E-state index contributed by atoms with van der Waals surface area (Å²) >= 11 is 1.64. The lowest BCUT2D eigenvalue weighted by molar-refractivity contribution is -0.108. The monoisotopic (exact) mass is 263 g/mol. The van der Waals surface area contributed by atoms with Crippen molar-refractivity contribution in [2.45, 2.75) is 19.6 Å². The Balaban J connectivity index is 2.08. The Hall–Kier alpha value is -1.23. The highest BCUT2D eigenvalue weighted by atomic mass is 32.1. The van der Waals surface area contributed by atoms with E-state index in [-0.39, 0.29) is 6.29 Å². The van der Waals surface area contributed by atoms with Crippen molar-refractivity contribution < 1.29 is 9.47 Å². The highest BCUT2D eigenvalue weighted by molar-refractivity contribution is 7.09. The van der Waals surface area contributed by atoms with Crippen LogP contribution in [0.3, 0.4) is 0 Å². The molecule has 96 valence electrons. The summed E-state index contributed by atoms with van der Waals surface area (Å²) in [5.74, 6) is 0. The molecule has 0 atom stereocenters. The summed E-state index contributed by atoms with van der Waals surface area (Å²) in [5, 5.41) is 3.06. The summed E-state index contributed by atoms with van der Waals surface area (Å²) in [6, 6.07) is 8.52. The molecule has 0 saturated heterocycles. The molecule has 1 aromatic carbocycles. The Kier molecular flexibility index (Phi) is 4.47. The van der Waals surface area contributed by atoms with Crippen LogP contribution in [0.4, 0.5) is 0 Å². The summed E-state index contributed by atoms with van der Waals surface area (Å²) in [4.78, 5) is 4.54. The van der Waals surface area contributed by atoms with Gasteiger partial charge in [0.25, 0.3) is 0 Å². The van der Waals surface area contributed by atoms with E-state index in [1.165, 1.54) is 11.1 Å². The van der Waals surface area contributed by atoms with Crippen molar-refractivity contribution in [1.82, 2.24) is 4.98 Å². The van der Waals surface area contributed by atoms with Crippen LogP contribution in [0.1, 0.15) is 28.1 Å². The van der Waals surface area contributed by atoms with Crippen molar-refractivity contribution in [2.75, 3.05) is 14.2 Å². The number of aromatic nitrogens is 1. The minimum Gasteiger partial charge on any atom is -0.350 e. The zero-order chi connectivity index (χ0) is 13.0. The van der Waals surface area contributed by atoms with Crippen molar-refractivity contribution in [1.29, 1.82) is 0 Å². The fourth-order valence-corrected chi connectivity index (χ4v) is 2.56. The van der Waals surface area contributed by atoms with Gasteiger partial charge in [0.1, 0.15) is 5.69 Å². The van der Waals surface area contributed by atoms with Crippen LogP contribution in [-0.2, 0) is 15.9 Å². The van der Waals surface area contributed by atoms with Gasteiger partial charge in [0.05, 0.1) is 5.01 Å². The smallest absolute Gasteiger partial charge is 0.201 e. The first kappa shape index (κ1) is 13.2. The maximum Gasteiger partial charge on any atom is 0.201 e. The predicted molar refractivity (Wildman–Crippen MR) is 72.9 cm³/mol. The van der Waals surface area contributed by atoms with Gasteiger partial charge >= 0.3 is 0 Å². The van der Waals surface area contributed by atoms with Gasteiger partial charge in [-0.2, -0.15) is 0 Å². The second-order valence-corrected chi connectivity index (χ2v) is 5.07. The second-order valence-electron chi connectivity index (χ2n) is 4.13. The van der Waals surface area contributed by atoms with E-state index in [2.05, 4.69) is 36.2 Å². The Labute approximate surface area is 111 Å². The number of rotatable bonds is 5. The third-order valence-corrected chi connectivity index (χ3v) is 3.58. The minimum absolute atomic E-state index is 0.368. The van der Waals surface area contributed by atoms with Gasteiger partial charge < -0.3 is 9.47 Å². The Bertz CT molecular complexity index is 489. The predicted octanol–water partition coefficient (Wildman–Crippen LogP) is 3.33. The van der Waals surface area contributed by atoms with Crippen LogP contribution in [0.15, 0.2) is 29.6 Å². The van der Waals surface area contributed by atoms with Crippen LogP contribution in [0.5, 0.6) is 0 Å². The first-order valence-electron chi connectivity index (χ1n) is 5.78. The van der Waals surface area contributed by atoms with Crippen molar-refractivity contribution in [3.05, 3.63) is 51.5 Å². The molecule has 0 aliphatic heterocycles. The van der Waals surface area contributed by atoms with Gasteiger partial charge in [0.2, 0.25) is 6.29 Å². The number of benzene rings is 1. The molecule has 0 fully saturated rings. The Morgan fingerprint density at radius 3 is 2.44 bits per heavy atom. The number of ether oxygens (including phenoxy) is 2. The molecule has 3 nitrogen and oxygen atoms in total. The molecule has 2 aromatic rings. The van der Waals surface area contributed by atoms with Gasteiger partial charge in [-0.15, -0.1) is 11.3 Å². The molecule has 2 rings (SSSR count). The number of methoxy groups -OCH3 is 2. The molecule has 0 amide bonds. The van der Waals surface area contributed by atoms with E-state index >= 15 is 0 Å². The Morgan fingerprint density at radius 2 is 1.83 bits per heavy atom. The average Bonchev–Trinajstić information content (AvgIpc) is 2.82. The van der Waals surface area contributed by atoms with Gasteiger partial charge in [0, 0.05) is 26.0 Å². The molecule has 0 saturated carbocycles. The van der Waals surface area contributed by atoms with Crippen LogP contribution in [-0.4, -0.2) is 19.2 Å². The second kappa shape index (κ2) is 6.09. The van der Waals surface area contributed by atoms with Crippen molar-refractivity contribution in [2.24, 2.45) is 0 Å².